The smallest absolute Gasteiger partial charge is 0.0279 e. The summed E-state index contributed by atoms with van der Waals surface area (Å²) in [5.74, 6) is 6.17. The van der Waals surface area contributed by atoms with Crippen LogP contribution in [0.5, 0.6) is 0 Å². The summed E-state index contributed by atoms with van der Waals surface area (Å²) in [5.41, 5.74) is 4.35. The van der Waals surface area contributed by atoms with Gasteiger partial charge in [0, 0.05) is 16.4 Å². The van der Waals surface area contributed by atoms with Gasteiger partial charge in [0.2, 0.25) is 0 Å². The molecule has 0 aromatic heterocycles. The fourth-order valence-corrected chi connectivity index (χ4v) is 3.06. The van der Waals surface area contributed by atoms with Gasteiger partial charge in [-0.15, -0.1) is 0 Å². The summed E-state index contributed by atoms with van der Waals surface area (Å²) < 4.78 is 1.21. The van der Waals surface area contributed by atoms with Crippen LogP contribution < -0.4 is 11.3 Å². The van der Waals surface area contributed by atoms with Gasteiger partial charge in [-0.2, -0.15) is 0 Å². The monoisotopic (exact) mass is 268 g/mol. The van der Waals surface area contributed by atoms with E-state index in [-0.39, 0.29) is 0 Å². The fourth-order valence-electron chi connectivity index (χ4n) is 2.48. The molecular formula is C12H17BrN2. The van der Waals surface area contributed by atoms with E-state index >= 15 is 0 Å². The van der Waals surface area contributed by atoms with Crippen LogP contribution in [0.15, 0.2) is 28.7 Å². The lowest BCUT2D eigenvalue weighted by Gasteiger charge is -2.31. The van der Waals surface area contributed by atoms with Gasteiger partial charge in [-0.25, -0.2) is 0 Å². The van der Waals surface area contributed by atoms with Gasteiger partial charge in [-0.1, -0.05) is 47.0 Å². The maximum absolute atomic E-state index is 5.62. The average Bonchev–Trinajstić information content (AvgIpc) is 2.30. The zero-order valence-electron chi connectivity index (χ0n) is 8.75. The molecule has 2 nitrogen and oxygen atoms in total. The van der Waals surface area contributed by atoms with Gasteiger partial charge >= 0.3 is 0 Å². The Bertz CT molecular complexity index is 327. The maximum atomic E-state index is 5.62. The average molecular weight is 269 g/mol. The van der Waals surface area contributed by atoms with Crippen LogP contribution in [0.25, 0.3) is 0 Å². The van der Waals surface area contributed by atoms with Crippen LogP contribution in [-0.4, -0.2) is 6.04 Å². The fraction of sp³-hybridized carbons (Fsp3) is 0.500. The molecule has 1 fully saturated rings. The first kappa shape index (κ1) is 11.1. The van der Waals surface area contributed by atoms with Crippen LogP contribution >= 0.6 is 15.9 Å². The summed E-state index contributed by atoms with van der Waals surface area (Å²) in [6.45, 7) is 0. The van der Waals surface area contributed by atoms with E-state index in [4.69, 9.17) is 5.84 Å². The summed E-state index contributed by atoms with van der Waals surface area (Å²) in [6.07, 6.45) is 5.01. The van der Waals surface area contributed by atoms with E-state index in [9.17, 15) is 0 Å². The minimum atomic E-state index is 0.428. The van der Waals surface area contributed by atoms with Crippen molar-refractivity contribution in [2.24, 2.45) is 5.84 Å². The molecule has 15 heavy (non-hydrogen) atoms. The van der Waals surface area contributed by atoms with Crippen LogP contribution in [-0.2, 0) is 0 Å². The third-order valence-corrected chi connectivity index (χ3v) is 4.01. The number of nitrogens with two attached hydrogens (primary N) is 1. The van der Waals surface area contributed by atoms with Gasteiger partial charge < -0.3 is 0 Å². The molecule has 2 atom stereocenters. The quantitative estimate of drug-likeness (QED) is 0.640. The SMILES string of the molecule is NNC1CCCCC1c1ccccc1Br. The molecule has 0 amide bonds. The molecule has 0 radical (unpaired) electrons. The van der Waals surface area contributed by atoms with Crippen molar-refractivity contribution in [1.82, 2.24) is 5.43 Å². The van der Waals surface area contributed by atoms with Crippen molar-refractivity contribution in [3.05, 3.63) is 34.3 Å². The highest BCUT2D eigenvalue weighted by molar-refractivity contribution is 9.10. The Morgan fingerprint density at radius 3 is 2.67 bits per heavy atom. The lowest BCUT2D eigenvalue weighted by molar-refractivity contribution is 0.331. The van der Waals surface area contributed by atoms with Gasteiger partial charge in [-0.05, 0) is 24.5 Å². The Hall–Kier alpha value is -0.380. The Morgan fingerprint density at radius 1 is 1.20 bits per heavy atom. The second-order valence-electron chi connectivity index (χ2n) is 4.19. The highest BCUT2D eigenvalue weighted by Crippen LogP contribution is 2.36. The zero-order valence-corrected chi connectivity index (χ0v) is 10.3. The molecule has 0 saturated heterocycles. The Balaban J connectivity index is 2.24. The first-order valence-electron chi connectivity index (χ1n) is 5.53. The van der Waals surface area contributed by atoms with E-state index in [1.807, 2.05) is 0 Å². The molecule has 1 aliphatic rings. The van der Waals surface area contributed by atoms with Crippen molar-refractivity contribution in [3.8, 4) is 0 Å². The number of hydrazine groups is 1. The van der Waals surface area contributed by atoms with Crippen molar-refractivity contribution < 1.29 is 0 Å². The lowest BCUT2D eigenvalue weighted by Crippen LogP contribution is -2.41. The van der Waals surface area contributed by atoms with Crippen molar-refractivity contribution in [2.45, 2.75) is 37.6 Å². The van der Waals surface area contributed by atoms with E-state index in [1.54, 1.807) is 0 Å². The standard InChI is InChI=1S/C12H17BrN2/c13-11-7-3-1-5-9(11)10-6-2-4-8-12(10)15-14/h1,3,5,7,10,12,15H,2,4,6,8,14H2. The number of hydrogen-bond donors (Lipinski definition) is 2. The molecule has 1 saturated carbocycles. The van der Waals surface area contributed by atoms with Crippen LogP contribution in [0, 0.1) is 0 Å². The number of hydrogen-bond acceptors (Lipinski definition) is 2. The summed E-state index contributed by atoms with van der Waals surface area (Å²) in [4.78, 5) is 0. The molecule has 0 spiro atoms. The molecule has 3 heteroatoms. The molecule has 0 bridgehead atoms. The van der Waals surface area contributed by atoms with Crippen molar-refractivity contribution in [1.29, 1.82) is 0 Å². The zero-order chi connectivity index (χ0) is 10.7. The molecule has 1 aromatic carbocycles. The normalized spacial score (nSPS) is 26.5. The maximum Gasteiger partial charge on any atom is 0.0279 e. The van der Waals surface area contributed by atoms with Gasteiger partial charge in [-0.3, -0.25) is 11.3 Å². The molecule has 0 aliphatic heterocycles. The molecule has 1 aliphatic carbocycles. The second-order valence-corrected chi connectivity index (χ2v) is 5.04. The Morgan fingerprint density at radius 2 is 1.93 bits per heavy atom. The van der Waals surface area contributed by atoms with Crippen LogP contribution in [0.1, 0.15) is 37.2 Å². The minimum absolute atomic E-state index is 0.428. The van der Waals surface area contributed by atoms with E-state index < -0.39 is 0 Å². The molecule has 2 rings (SSSR count). The highest BCUT2D eigenvalue weighted by Gasteiger charge is 2.26. The molecule has 3 N–H and O–H groups in total. The van der Waals surface area contributed by atoms with Crippen LogP contribution in [0.3, 0.4) is 0 Å². The minimum Gasteiger partial charge on any atom is -0.271 e. The van der Waals surface area contributed by atoms with Crippen LogP contribution in [0.4, 0.5) is 0 Å². The molecule has 0 heterocycles. The van der Waals surface area contributed by atoms with E-state index in [2.05, 4.69) is 45.6 Å². The predicted molar refractivity (Wildman–Crippen MR) is 66.5 cm³/mol. The summed E-state index contributed by atoms with van der Waals surface area (Å²) >= 11 is 3.62. The van der Waals surface area contributed by atoms with Crippen molar-refractivity contribution >= 4 is 15.9 Å². The molecular weight excluding hydrogens is 252 g/mol. The Labute approximate surface area is 99.3 Å². The summed E-state index contributed by atoms with van der Waals surface area (Å²) in [5, 5.41) is 0. The first-order chi connectivity index (χ1) is 7.33. The third kappa shape index (κ3) is 2.41. The van der Waals surface area contributed by atoms with Crippen molar-refractivity contribution in [2.75, 3.05) is 0 Å². The van der Waals surface area contributed by atoms with E-state index in [1.165, 1.54) is 35.7 Å². The molecule has 1 aromatic rings. The number of nitrogens with one attached hydrogen (secondary N) is 1. The predicted octanol–water partition coefficient (Wildman–Crippen LogP) is 2.94. The van der Waals surface area contributed by atoms with Gasteiger partial charge in [0.15, 0.2) is 0 Å². The highest BCUT2D eigenvalue weighted by atomic mass is 79.9. The number of benzene rings is 1. The topological polar surface area (TPSA) is 38.0 Å². The van der Waals surface area contributed by atoms with Crippen molar-refractivity contribution in [3.63, 3.8) is 0 Å². The largest absolute Gasteiger partial charge is 0.271 e. The lowest BCUT2D eigenvalue weighted by atomic mass is 9.80. The van der Waals surface area contributed by atoms with Gasteiger partial charge in [0.05, 0.1) is 0 Å². The molecule has 82 valence electrons. The second kappa shape index (κ2) is 5.10. The van der Waals surface area contributed by atoms with Gasteiger partial charge in [0.25, 0.3) is 0 Å². The number of rotatable bonds is 2. The summed E-state index contributed by atoms with van der Waals surface area (Å²) in [7, 11) is 0. The van der Waals surface area contributed by atoms with E-state index in [0.29, 0.717) is 12.0 Å². The Kier molecular flexibility index (Phi) is 3.78. The molecule has 2 unspecified atom stereocenters. The van der Waals surface area contributed by atoms with Crippen LogP contribution in [0.2, 0.25) is 0 Å². The third-order valence-electron chi connectivity index (χ3n) is 3.28. The number of halogens is 1. The first-order valence-corrected chi connectivity index (χ1v) is 6.33. The van der Waals surface area contributed by atoms with Gasteiger partial charge in [0.1, 0.15) is 0 Å². The van der Waals surface area contributed by atoms with E-state index in [0.717, 1.165) is 0 Å². The summed E-state index contributed by atoms with van der Waals surface area (Å²) in [6, 6.07) is 8.89.